The number of hydrogen-bond acceptors (Lipinski definition) is 3. The minimum atomic E-state index is -0.938. The first-order chi connectivity index (χ1) is 6.89. The maximum absolute atomic E-state index is 11.4. The van der Waals surface area contributed by atoms with Crippen LogP contribution in [0.5, 0.6) is 0 Å². The van der Waals surface area contributed by atoms with Crippen LogP contribution in [-0.2, 0) is 16.1 Å². The molecule has 82 valence electrons. The molecular formula is C11H14BrNO2. The molecule has 15 heavy (non-hydrogen) atoms. The van der Waals surface area contributed by atoms with Gasteiger partial charge in [0.15, 0.2) is 0 Å². The first kappa shape index (κ1) is 12.2. The molecule has 4 heteroatoms. The Morgan fingerprint density at radius 2 is 2.20 bits per heavy atom. The van der Waals surface area contributed by atoms with Crippen LogP contribution in [0.1, 0.15) is 19.4 Å². The SMILES string of the molecule is CC(C)(N)C(=O)OCc1cccc(Br)c1. The second-order valence-corrected chi connectivity index (χ2v) is 4.84. The van der Waals surface area contributed by atoms with E-state index < -0.39 is 11.5 Å². The van der Waals surface area contributed by atoms with Gasteiger partial charge in [0.05, 0.1) is 0 Å². The van der Waals surface area contributed by atoms with Gasteiger partial charge < -0.3 is 10.5 Å². The molecule has 0 bridgehead atoms. The number of halogens is 1. The first-order valence-electron chi connectivity index (χ1n) is 4.60. The zero-order chi connectivity index (χ0) is 11.5. The van der Waals surface area contributed by atoms with Gasteiger partial charge in [-0.25, -0.2) is 0 Å². The van der Waals surface area contributed by atoms with Crippen LogP contribution >= 0.6 is 15.9 Å². The quantitative estimate of drug-likeness (QED) is 0.858. The zero-order valence-electron chi connectivity index (χ0n) is 8.79. The normalized spacial score (nSPS) is 11.2. The summed E-state index contributed by atoms with van der Waals surface area (Å²) in [7, 11) is 0. The number of ether oxygens (including phenoxy) is 1. The lowest BCUT2D eigenvalue weighted by molar-refractivity contribution is -0.150. The molecule has 1 aromatic carbocycles. The molecule has 0 heterocycles. The molecule has 0 atom stereocenters. The van der Waals surface area contributed by atoms with Crippen molar-refractivity contribution in [2.75, 3.05) is 0 Å². The molecule has 0 saturated heterocycles. The number of carbonyl (C=O) groups is 1. The molecule has 0 aliphatic heterocycles. The Bertz CT molecular complexity index is 358. The van der Waals surface area contributed by atoms with Crippen molar-refractivity contribution in [1.29, 1.82) is 0 Å². The van der Waals surface area contributed by atoms with Crippen molar-refractivity contribution in [1.82, 2.24) is 0 Å². The lowest BCUT2D eigenvalue weighted by Gasteiger charge is -2.16. The average Bonchev–Trinajstić information content (AvgIpc) is 2.12. The summed E-state index contributed by atoms with van der Waals surface area (Å²) >= 11 is 3.34. The van der Waals surface area contributed by atoms with Crippen LogP contribution in [0.2, 0.25) is 0 Å². The summed E-state index contributed by atoms with van der Waals surface area (Å²) in [6.45, 7) is 3.49. The van der Waals surface area contributed by atoms with Crippen LogP contribution in [0.3, 0.4) is 0 Å². The van der Waals surface area contributed by atoms with Gasteiger partial charge in [-0.1, -0.05) is 28.1 Å². The molecule has 2 N–H and O–H groups in total. The average molecular weight is 272 g/mol. The lowest BCUT2D eigenvalue weighted by atomic mass is 10.1. The van der Waals surface area contributed by atoms with Crippen molar-refractivity contribution in [3.8, 4) is 0 Å². The Hall–Kier alpha value is -0.870. The van der Waals surface area contributed by atoms with E-state index in [1.54, 1.807) is 13.8 Å². The van der Waals surface area contributed by atoms with E-state index in [1.807, 2.05) is 24.3 Å². The number of benzene rings is 1. The van der Waals surface area contributed by atoms with E-state index in [9.17, 15) is 4.79 Å². The molecule has 1 rings (SSSR count). The molecule has 0 aliphatic rings. The first-order valence-corrected chi connectivity index (χ1v) is 5.39. The fourth-order valence-electron chi connectivity index (χ4n) is 0.962. The largest absolute Gasteiger partial charge is 0.459 e. The predicted octanol–water partition coefficient (Wildman–Crippen LogP) is 2.23. The third kappa shape index (κ3) is 4.01. The van der Waals surface area contributed by atoms with E-state index in [2.05, 4.69) is 15.9 Å². The minimum absolute atomic E-state index is 0.249. The van der Waals surface area contributed by atoms with Gasteiger partial charge in [0.2, 0.25) is 0 Å². The number of nitrogens with two attached hydrogens (primary N) is 1. The van der Waals surface area contributed by atoms with Crippen molar-refractivity contribution in [2.24, 2.45) is 5.73 Å². The maximum atomic E-state index is 11.4. The van der Waals surface area contributed by atoms with E-state index in [0.717, 1.165) is 10.0 Å². The highest BCUT2D eigenvalue weighted by molar-refractivity contribution is 9.10. The third-order valence-corrected chi connectivity index (χ3v) is 2.28. The monoisotopic (exact) mass is 271 g/mol. The Morgan fingerprint density at radius 3 is 2.73 bits per heavy atom. The highest BCUT2D eigenvalue weighted by Gasteiger charge is 2.23. The molecule has 0 unspecified atom stereocenters. The van der Waals surface area contributed by atoms with Gasteiger partial charge in [-0.05, 0) is 31.5 Å². The van der Waals surface area contributed by atoms with E-state index in [4.69, 9.17) is 10.5 Å². The second kappa shape index (κ2) is 4.77. The van der Waals surface area contributed by atoms with E-state index in [0.29, 0.717) is 0 Å². The Morgan fingerprint density at radius 1 is 1.53 bits per heavy atom. The zero-order valence-corrected chi connectivity index (χ0v) is 10.4. The van der Waals surface area contributed by atoms with Gasteiger partial charge in [0.25, 0.3) is 0 Å². The van der Waals surface area contributed by atoms with E-state index in [1.165, 1.54) is 0 Å². The third-order valence-electron chi connectivity index (χ3n) is 1.79. The van der Waals surface area contributed by atoms with Crippen molar-refractivity contribution >= 4 is 21.9 Å². The molecular weight excluding hydrogens is 258 g/mol. The molecule has 0 amide bonds. The molecule has 0 saturated carbocycles. The van der Waals surface area contributed by atoms with Gasteiger partial charge >= 0.3 is 5.97 Å². The van der Waals surface area contributed by atoms with Gasteiger partial charge in [0.1, 0.15) is 12.1 Å². The van der Waals surface area contributed by atoms with Gasteiger partial charge in [-0.2, -0.15) is 0 Å². The number of esters is 1. The van der Waals surface area contributed by atoms with Crippen LogP contribution in [0.4, 0.5) is 0 Å². The molecule has 1 aromatic rings. The standard InChI is InChI=1S/C11H14BrNO2/c1-11(2,13)10(14)15-7-8-4-3-5-9(12)6-8/h3-6H,7,13H2,1-2H3. The van der Waals surface area contributed by atoms with Crippen LogP contribution in [-0.4, -0.2) is 11.5 Å². The Balaban J connectivity index is 2.55. The molecule has 0 radical (unpaired) electrons. The summed E-state index contributed by atoms with van der Waals surface area (Å²) in [5, 5.41) is 0. The summed E-state index contributed by atoms with van der Waals surface area (Å²) in [4.78, 5) is 11.4. The Kier molecular flexibility index (Phi) is 3.88. The highest BCUT2D eigenvalue weighted by Crippen LogP contribution is 2.13. The smallest absolute Gasteiger partial charge is 0.325 e. The number of rotatable bonds is 3. The summed E-state index contributed by atoms with van der Waals surface area (Å²) in [6, 6.07) is 7.59. The van der Waals surface area contributed by atoms with Crippen LogP contribution in [0.15, 0.2) is 28.7 Å². The molecule has 0 aromatic heterocycles. The summed E-state index contributed by atoms with van der Waals surface area (Å²) < 4.78 is 6.02. The fraction of sp³-hybridized carbons (Fsp3) is 0.364. The van der Waals surface area contributed by atoms with Gasteiger partial charge in [-0.3, -0.25) is 4.79 Å². The second-order valence-electron chi connectivity index (χ2n) is 3.93. The summed E-state index contributed by atoms with van der Waals surface area (Å²) in [5.74, 6) is -0.400. The molecule has 3 nitrogen and oxygen atoms in total. The lowest BCUT2D eigenvalue weighted by Crippen LogP contribution is -2.42. The number of carbonyl (C=O) groups excluding carboxylic acids is 1. The van der Waals surface area contributed by atoms with Crippen LogP contribution in [0, 0.1) is 0 Å². The number of hydrogen-bond donors (Lipinski definition) is 1. The minimum Gasteiger partial charge on any atom is -0.459 e. The molecule has 0 fully saturated rings. The van der Waals surface area contributed by atoms with Crippen molar-refractivity contribution in [3.63, 3.8) is 0 Å². The summed E-state index contributed by atoms with van der Waals surface area (Å²) in [6.07, 6.45) is 0. The predicted molar refractivity (Wildman–Crippen MR) is 62.2 cm³/mol. The van der Waals surface area contributed by atoms with Gasteiger partial charge in [-0.15, -0.1) is 0 Å². The van der Waals surface area contributed by atoms with E-state index >= 15 is 0 Å². The van der Waals surface area contributed by atoms with Crippen molar-refractivity contribution in [3.05, 3.63) is 34.3 Å². The topological polar surface area (TPSA) is 52.3 Å². The van der Waals surface area contributed by atoms with E-state index in [-0.39, 0.29) is 6.61 Å². The Labute approximate surface area is 97.7 Å². The maximum Gasteiger partial charge on any atom is 0.325 e. The van der Waals surface area contributed by atoms with Crippen molar-refractivity contribution in [2.45, 2.75) is 26.0 Å². The highest BCUT2D eigenvalue weighted by atomic mass is 79.9. The van der Waals surface area contributed by atoms with Crippen LogP contribution in [0.25, 0.3) is 0 Å². The van der Waals surface area contributed by atoms with Crippen LogP contribution < -0.4 is 5.73 Å². The fourth-order valence-corrected chi connectivity index (χ4v) is 1.41. The molecule has 0 aliphatic carbocycles. The summed E-state index contributed by atoms with van der Waals surface area (Å²) in [5.41, 5.74) is 5.58. The molecule has 0 spiro atoms. The van der Waals surface area contributed by atoms with Gasteiger partial charge in [0, 0.05) is 4.47 Å². The van der Waals surface area contributed by atoms with Crippen molar-refractivity contribution < 1.29 is 9.53 Å².